The number of likely N-dealkylation sites (N-methyl/N-ethyl adjacent to an activating group) is 1. The van der Waals surface area contributed by atoms with Gasteiger partial charge in [-0.25, -0.2) is 8.78 Å². The van der Waals surface area contributed by atoms with Crippen LogP contribution in [0.4, 0.5) is 20.3 Å². The average molecular weight is 524 g/mol. The molecule has 3 aromatic rings. The predicted molar refractivity (Wildman–Crippen MR) is 125 cm³/mol. The van der Waals surface area contributed by atoms with Gasteiger partial charge in [-0.1, -0.05) is 18.2 Å². The summed E-state index contributed by atoms with van der Waals surface area (Å²) >= 11 is 6.97. The number of pyridine rings is 1. The smallest absolute Gasteiger partial charge is 0.305 e. The van der Waals surface area contributed by atoms with E-state index in [1.165, 1.54) is 42.8 Å². The molecular formula is C21H16ClF2N5O3S2. The molecule has 8 nitrogen and oxygen atoms in total. The highest BCUT2D eigenvalue weighted by Crippen LogP contribution is 2.37. The van der Waals surface area contributed by atoms with Gasteiger partial charge in [0.25, 0.3) is 10.2 Å². The van der Waals surface area contributed by atoms with Crippen molar-refractivity contribution in [2.24, 2.45) is 0 Å². The fourth-order valence-corrected chi connectivity index (χ4v) is 6.01. The number of carbonyl (C=O) groups excluding carboxylic acids is 1. The van der Waals surface area contributed by atoms with E-state index in [9.17, 15) is 22.0 Å². The Kier molecular flexibility index (Phi) is 6.66. The van der Waals surface area contributed by atoms with Gasteiger partial charge in [-0.3, -0.25) is 4.79 Å². The zero-order valence-electron chi connectivity index (χ0n) is 17.4. The second kappa shape index (κ2) is 9.36. The maximum absolute atomic E-state index is 14.0. The highest BCUT2D eigenvalue weighted by Gasteiger charge is 2.41. The Morgan fingerprint density at radius 3 is 2.74 bits per heavy atom. The van der Waals surface area contributed by atoms with Crippen LogP contribution < -0.4 is 10.0 Å². The fourth-order valence-electron chi connectivity index (χ4n) is 3.44. The molecule has 0 spiro atoms. The SMILES string of the molecule is [C-]#[N+]c1ncc(-c2ccc(C3CC(C(=O)Nc4ccc(F)c(Cl)c4)N(C)S(=O)(=O)N3)s2)cc1F. The zero-order valence-corrected chi connectivity index (χ0v) is 19.8. The maximum Gasteiger partial charge on any atom is 0.305 e. The molecule has 13 heteroatoms. The number of rotatable bonds is 4. The van der Waals surface area contributed by atoms with Crippen molar-refractivity contribution in [2.45, 2.75) is 18.5 Å². The van der Waals surface area contributed by atoms with Crippen LogP contribution in [-0.4, -0.2) is 36.7 Å². The molecule has 3 heterocycles. The minimum Gasteiger partial charge on any atom is -0.358 e. The molecule has 1 aliphatic heterocycles. The third-order valence-corrected chi connectivity index (χ3v) is 8.37. The number of nitrogens with zero attached hydrogens (tertiary/aromatic N) is 3. The summed E-state index contributed by atoms with van der Waals surface area (Å²) in [5.41, 5.74) is 0.674. The summed E-state index contributed by atoms with van der Waals surface area (Å²) in [6, 6.07) is 6.46. The van der Waals surface area contributed by atoms with E-state index in [1.807, 2.05) is 0 Å². The minimum atomic E-state index is -3.99. The molecule has 34 heavy (non-hydrogen) atoms. The number of thiophene rings is 1. The summed E-state index contributed by atoms with van der Waals surface area (Å²) in [4.78, 5) is 20.9. The van der Waals surface area contributed by atoms with Gasteiger partial charge in [-0.2, -0.15) is 17.4 Å². The van der Waals surface area contributed by atoms with Gasteiger partial charge in [0.1, 0.15) is 18.1 Å². The normalized spacial score (nSPS) is 20.0. The molecule has 0 bridgehead atoms. The number of anilines is 1. The summed E-state index contributed by atoms with van der Waals surface area (Å²) in [5.74, 6) is -2.33. The van der Waals surface area contributed by atoms with Gasteiger partial charge in [0, 0.05) is 28.1 Å². The molecule has 0 saturated carbocycles. The van der Waals surface area contributed by atoms with Crippen molar-refractivity contribution in [3.05, 3.63) is 75.5 Å². The largest absolute Gasteiger partial charge is 0.358 e. The third kappa shape index (κ3) is 4.79. The Balaban J connectivity index is 1.58. The van der Waals surface area contributed by atoms with E-state index in [1.54, 1.807) is 12.1 Å². The number of halogens is 3. The van der Waals surface area contributed by atoms with Gasteiger partial charge in [0.05, 0.1) is 11.1 Å². The lowest BCUT2D eigenvalue weighted by molar-refractivity contribution is -0.120. The van der Waals surface area contributed by atoms with Gasteiger partial charge in [-0.05, 0) is 42.8 Å². The van der Waals surface area contributed by atoms with Crippen LogP contribution in [0.5, 0.6) is 0 Å². The highest BCUT2D eigenvalue weighted by molar-refractivity contribution is 7.87. The van der Waals surface area contributed by atoms with Crippen LogP contribution in [0, 0.1) is 18.2 Å². The van der Waals surface area contributed by atoms with E-state index in [2.05, 4.69) is 19.9 Å². The van der Waals surface area contributed by atoms with E-state index in [-0.39, 0.29) is 22.9 Å². The molecule has 1 fully saturated rings. The van der Waals surface area contributed by atoms with Crippen molar-refractivity contribution in [1.29, 1.82) is 0 Å². The van der Waals surface area contributed by atoms with E-state index in [0.29, 0.717) is 15.3 Å². The van der Waals surface area contributed by atoms with Crippen molar-refractivity contribution >= 4 is 50.6 Å². The van der Waals surface area contributed by atoms with E-state index < -0.39 is 39.8 Å². The molecule has 0 radical (unpaired) electrons. The predicted octanol–water partition coefficient (Wildman–Crippen LogP) is 4.51. The van der Waals surface area contributed by atoms with Gasteiger partial charge in [-0.15, -0.1) is 16.3 Å². The summed E-state index contributed by atoms with van der Waals surface area (Å²) in [5, 5.41) is 2.40. The molecule has 2 aromatic heterocycles. The third-order valence-electron chi connectivity index (χ3n) is 5.24. The standard InChI is InChI=1S/C21H16ClF2N5O3S2/c1-25-20-15(24)7-11(10-26-20)18-5-6-19(33-18)16-9-17(29(2)34(31,32)28-16)21(30)27-12-3-4-14(23)13(22)8-12/h3-8,10,16-17,28H,9H2,2H3,(H,27,30). The molecule has 4 rings (SSSR count). The van der Waals surface area contributed by atoms with Crippen molar-refractivity contribution in [3.8, 4) is 10.4 Å². The summed E-state index contributed by atoms with van der Waals surface area (Å²) < 4.78 is 56.3. The lowest BCUT2D eigenvalue weighted by Crippen LogP contribution is -2.55. The molecule has 2 atom stereocenters. The monoisotopic (exact) mass is 523 g/mol. The Morgan fingerprint density at radius 2 is 2.06 bits per heavy atom. The van der Waals surface area contributed by atoms with Gasteiger partial charge in [0.2, 0.25) is 5.91 Å². The molecule has 1 aliphatic rings. The summed E-state index contributed by atoms with van der Waals surface area (Å²) in [6.07, 6.45) is 1.48. The minimum absolute atomic E-state index is 0.111. The first-order valence-electron chi connectivity index (χ1n) is 9.73. The number of carbonyl (C=O) groups is 1. The van der Waals surface area contributed by atoms with Crippen molar-refractivity contribution < 1.29 is 22.0 Å². The first-order valence-corrected chi connectivity index (χ1v) is 12.4. The Labute approximate surface area is 203 Å². The highest BCUT2D eigenvalue weighted by atomic mass is 35.5. The Bertz CT molecular complexity index is 1420. The molecule has 2 N–H and O–H groups in total. The average Bonchev–Trinajstić information content (AvgIpc) is 3.28. The molecule has 1 aromatic carbocycles. The van der Waals surface area contributed by atoms with Crippen molar-refractivity contribution in [2.75, 3.05) is 12.4 Å². The molecule has 1 saturated heterocycles. The summed E-state index contributed by atoms with van der Waals surface area (Å²) in [7, 11) is -2.71. The van der Waals surface area contributed by atoms with Crippen LogP contribution in [0.2, 0.25) is 5.02 Å². The Morgan fingerprint density at radius 1 is 1.29 bits per heavy atom. The second-order valence-electron chi connectivity index (χ2n) is 7.40. The van der Waals surface area contributed by atoms with Crippen LogP contribution in [-0.2, 0) is 15.0 Å². The number of benzene rings is 1. The van der Waals surface area contributed by atoms with Crippen LogP contribution in [0.3, 0.4) is 0 Å². The van der Waals surface area contributed by atoms with Crippen molar-refractivity contribution in [1.82, 2.24) is 14.0 Å². The number of amides is 1. The van der Waals surface area contributed by atoms with Gasteiger partial charge in [0.15, 0.2) is 5.82 Å². The number of hydrogen-bond acceptors (Lipinski definition) is 5. The topological polar surface area (TPSA) is 95.8 Å². The molecule has 2 unspecified atom stereocenters. The molecule has 0 aliphatic carbocycles. The lowest BCUT2D eigenvalue weighted by Gasteiger charge is -2.35. The van der Waals surface area contributed by atoms with Crippen LogP contribution in [0.15, 0.2) is 42.6 Å². The lowest BCUT2D eigenvalue weighted by atomic mass is 10.1. The molecule has 1 amide bonds. The van der Waals surface area contributed by atoms with Crippen LogP contribution in [0.25, 0.3) is 15.3 Å². The van der Waals surface area contributed by atoms with Crippen molar-refractivity contribution in [3.63, 3.8) is 0 Å². The number of aromatic nitrogens is 1. The second-order valence-corrected chi connectivity index (χ2v) is 10.7. The van der Waals surface area contributed by atoms with E-state index in [4.69, 9.17) is 18.2 Å². The number of nitrogens with one attached hydrogen (secondary N) is 2. The van der Waals surface area contributed by atoms with Crippen LogP contribution in [0.1, 0.15) is 17.3 Å². The van der Waals surface area contributed by atoms with Crippen LogP contribution >= 0.6 is 22.9 Å². The first-order chi connectivity index (χ1) is 16.1. The van der Waals surface area contributed by atoms with Gasteiger partial charge >= 0.3 is 5.82 Å². The molecular weight excluding hydrogens is 508 g/mol. The number of hydrogen-bond donors (Lipinski definition) is 2. The Hall–Kier alpha value is -2.95. The quantitative estimate of drug-likeness (QED) is 0.492. The fraction of sp³-hybridized carbons (Fsp3) is 0.190. The summed E-state index contributed by atoms with van der Waals surface area (Å²) in [6.45, 7) is 6.90. The molecule has 176 valence electrons. The van der Waals surface area contributed by atoms with E-state index >= 15 is 0 Å². The first kappa shape index (κ1) is 24.2. The maximum atomic E-state index is 14.0. The van der Waals surface area contributed by atoms with E-state index in [0.717, 1.165) is 10.4 Å². The van der Waals surface area contributed by atoms with Gasteiger partial charge < -0.3 is 10.2 Å². The zero-order chi connectivity index (χ0) is 24.6.